The van der Waals surface area contributed by atoms with Gasteiger partial charge in [-0.25, -0.2) is 34.3 Å². The van der Waals surface area contributed by atoms with Crippen molar-refractivity contribution in [2.75, 3.05) is 63.2 Å². The number of piperidine rings is 1. The van der Waals surface area contributed by atoms with Crippen molar-refractivity contribution < 1.29 is 28.1 Å². The van der Waals surface area contributed by atoms with Crippen LogP contribution in [0.2, 0.25) is 0 Å². The summed E-state index contributed by atoms with van der Waals surface area (Å²) >= 11 is 0. The highest BCUT2D eigenvalue weighted by Crippen LogP contribution is 2.37. The van der Waals surface area contributed by atoms with Crippen molar-refractivity contribution >= 4 is 40.0 Å². The van der Waals surface area contributed by atoms with Gasteiger partial charge in [-0.1, -0.05) is 0 Å². The first-order chi connectivity index (χ1) is 31.9. The highest BCUT2D eigenvalue weighted by Gasteiger charge is 2.22. The maximum absolute atomic E-state index is 13.6. The molecule has 2 N–H and O–H groups in total. The van der Waals surface area contributed by atoms with Crippen LogP contribution >= 0.6 is 0 Å². The van der Waals surface area contributed by atoms with E-state index >= 15 is 0 Å². The van der Waals surface area contributed by atoms with Crippen LogP contribution in [0.1, 0.15) is 36.8 Å². The van der Waals surface area contributed by atoms with E-state index in [1.165, 1.54) is 0 Å². The van der Waals surface area contributed by atoms with Gasteiger partial charge >= 0.3 is 0 Å². The molecule has 17 heteroatoms. The standard InChI is InChI=1S/C26H27FN6O2.C22H21N5O3/c1-34-23-14-20(4-5-22(23)32-9-6-19(27)7-10-32)30-24-25-28-8-11-33(25)16-21(31-24)18-13-17-3-2-12-35-26(17)29-15-18;1-28-18-6-5-16(11-19(18)29-2)25-20-21-23-7-8-27(21)13-17(26-20)15-10-14-4-3-9-30-22(14)24-12-15/h4-5,8,11,13-16,19H,2-3,6-7,9-10,12H2,1H3,(H,30,31);5-8,10-13H,3-4,9H2,1-2H3,(H,25,26). The summed E-state index contributed by atoms with van der Waals surface area (Å²) in [6.45, 7) is 2.80. The zero-order chi connectivity index (χ0) is 44.3. The number of rotatable bonds is 10. The SMILES string of the molecule is COc1cc(Nc2nc(-c3cnc4c(c3)CCCO4)cn3ccnc23)ccc1N1CCC(F)CC1.COc1ccc(Nc2nc(-c3cnc4c(c3)CCCO4)cn3ccnc23)cc1OC. The fourth-order valence-electron chi connectivity index (χ4n) is 8.36. The second kappa shape index (κ2) is 18.2. The number of imidazole rings is 2. The molecule has 0 amide bonds. The number of pyridine rings is 2. The van der Waals surface area contributed by atoms with Gasteiger partial charge in [-0.05, 0) is 74.9 Å². The van der Waals surface area contributed by atoms with Crippen LogP contribution in [-0.4, -0.2) is 92.5 Å². The minimum atomic E-state index is -0.716. The van der Waals surface area contributed by atoms with Crippen LogP contribution in [0.4, 0.5) is 33.1 Å². The Hall–Kier alpha value is -7.69. The van der Waals surface area contributed by atoms with E-state index in [-0.39, 0.29) is 0 Å². The molecule has 0 saturated carbocycles. The molecular weight excluding hydrogens is 830 g/mol. The summed E-state index contributed by atoms with van der Waals surface area (Å²) in [5.41, 5.74) is 9.73. The molecule has 0 bridgehead atoms. The van der Waals surface area contributed by atoms with Crippen molar-refractivity contribution in [1.82, 2.24) is 38.7 Å². The molecule has 0 unspecified atom stereocenters. The van der Waals surface area contributed by atoms with Gasteiger partial charge in [0.15, 0.2) is 34.4 Å². The second-order valence-corrected chi connectivity index (χ2v) is 15.9. The number of methoxy groups -OCH3 is 3. The van der Waals surface area contributed by atoms with Gasteiger partial charge in [0.05, 0.1) is 51.6 Å². The number of hydrogen-bond donors (Lipinski definition) is 2. The van der Waals surface area contributed by atoms with E-state index in [1.54, 1.807) is 46.1 Å². The molecule has 1 saturated heterocycles. The number of fused-ring (bicyclic) bond motifs is 4. The minimum absolute atomic E-state index is 0.543. The number of halogens is 1. The number of anilines is 5. The number of alkyl halides is 1. The Labute approximate surface area is 374 Å². The van der Waals surface area contributed by atoms with Crippen molar-refractivity contribution in [2.24, 2.45) is 0 Å². The van der Waals surface area contributed by atoms with Gasteiger partial charge in [0.25, 0.3) is 0 Å². The van der Waals surface area contributed by atoms with Crippen molar-refractivity contribution in [3.63, 3.8) is 0 Å². The van der Waals surface area contributed by atoms with E-state index in [0.29, 0.717) is 61.6 Å². The van der Waals surface area contributed by atoms with Gasteiger partial charge < -0.3 is 48.0 Å². The first-order valence-corrected chi connectivity index (χ1v) is 21.7. The fraction of sp³-hybridized carbons (Fsp3) is 0.292. The Morgan fingerprint density at radius 1 is 0.631 bits per heavy atom. The smallest absolute Gasteiger partial charge is 0.216 e. The summed E-state index contributed by atoms with van der Waals surface area (Å²) in [7, 11) is 4.88. The molecular formula is C48H48FN11O5. The van der Waals surface area contributed by atoms with Crippen molar-refractivity contribution in [2.45, 2.75) is 44.7 Å². The molecule has 9 heterocycles. The predicted octanol–water partition coefficient (Wildman–Crippen LogP) is 8.68. The summed E-state index contributed by atoms with van der Waals surface area (Å²) in [6, 6.07) is 15.8. The Kier molecular flexibility index (Phi) is 11.6. The molecule has 3 aliphatic rings. The van der Waals surface area contributed by atoms with Crippen LogP contribution in [0.25, 0.3) is 33.8 Å². The second-order valence-electron chi connectivity index (χ2n) is 15.9. The molecule has 3 aliphatic heterocycles. The topological polar surface area (TPSA) is 160 Å². The highest BCUT2D eigenvalue weighted by atomic mass is 19.1. The number of hydrogen-bond acceptors (Lipinski definition) is 14. The molecule has 8 aromatic rings. The van der Waals surface area contributed by atoms with E-state index < -0.39 is 6.17 Å². The van der Waals surface area contributed by atoms with E-state index in [4.69, 9.17) is 33.7 Å². The fourth-order valence-corrected chi connectivity index (χ4v) is 8.36. The Morgan fingerprint density at radius 2 is 1.15 bits per heavy atom. The van der Waals surface area contributed by atoms with E-state index in [2.05, 4.69) is 47.6 Å². The van der Waals surface area contributed by atoms with Gasteiger partial charge in [0.2, 0.25) is 11.8 Å². The molecule has 2 aromatic carbocycles. The van der Waals surface area contributed by atoms with Crippen LogP contribution in [0, 0.1) is 0 Å². The highest BCUT2D eigenvalue weighted by molar-refractivity contribution is 5.77. The third kappa shape index (κ3) is 8.68. The first kappa shape index (κ1) is 41.3. The first-order valence-electron chi connectivity index (χ1n) is 21.7. The average Bonchev–Trinajstić information content (AvgIpc) is 4.05. The van der Waals surface area contributed by atoms with Gasteiger partial charge in [0.1, 0.15) is 11.9 Å². The quantitative estimate of drug-likeness (QED) is 0.134. The van der Waals surface area contributed by atoms with E-state index in [9.17, 15) is 4.39 Å². The third-order valence-corrected chi connectivity index (χ3v) is 11.7. The van der Waals surface area contributed by atoms with Gasteiger partial charge in [-0.15, -0.1) is 0 Å². The molecule has 16 nitrogen and oxygen atoms in total. The largest absolute Gasteiger partial charge is 0.495 e. The number of aromatic nitrogens is 8. The third-order valence-electron chi connectivity index (χ3n) is 11.7. The number of aryl methyl sites for hydroxylation is 2. The van der Waals surface area contributed by atoms with E-state index in [1.807, 2.05) is 70.0 Å². The van der Waals surface area contributed by atoms with E-state index in [0.717, 1.165) is 106 Å². The molecule has 332 valence electrons. The number of benzene rings is 2. The number of nitrogens with one attached hydrogen (secondary N) is 2. The molecule has 1 fully saturated rings. The monoisotopic (exact) mass is 877 g/mol. The summed E-state index contributed by atoms with van der Waals surface area (Å²) < 4.78 is 45.2. The lowest BCUT2D eigenvalue weighted by molar-refractivity contribution is 0.276. The normalized spacial score (nSPS) is 14.6. The van der Waals surface area contributed by atoms with Crippen molar-refractivity contribution in [3.8, 4) is 51.5 Å². The maximum atomic E-state index is 13.6. The molecule has 6 aromatic heterocycles. The Morgan fingerprint density at radius 3 is 1.69 bits per heavy atom. The molecule has 0 radical (unpaired) electrons. The van der Waals surface area contributed by atoms with Crippen LogP contribution in [0.3, 0.4) is 0 Å². The minimum Gasteiger partial charge on any atom is -0.495 e. The molecule has 11 rings (SSSR count). The number of ether oxygens (including phenoxy) is 5. The van der Waals surface area contributed by atoms with Gasteiger partial charge in [-0.2, -0.15) is 0 Å². The van der Waals surface area contributed by atoms with Crippen LogP contribution in [-0.2, 0) is 12.8 Å². The lowest BCUT2D eigenvalue weighted by Crippen LogP contribution is -2.34. The van der Waals surface area contributed by atoms with Crippen LogP contribution < -0.4 is 39.2 Å². The summed E-state index contributed by atoms with van der Waals surface area (Å²) in [5.74, 6) is 4.74. The summed E-state index contributed by atoms with van der Waals surface area (Å²) in [4.78, 5) is 29.8. The summed E-state index contributed by atoms with van der Waals surface area (Å²) in [6.07, 6.45) is 19.1. The lowest BCUT2D eigenvalue weighted by Gasteiger charge is -2.31. The molecule has 65 heavy (non-hydrogen) atoms. The Bertz CT molecular complexity index is 2990. The van der Waals surface area contributed by atoms with Gasteiger partial charge in [-0.3, -0.25) is 0 Å². The Balaban J connectivity index is 0.000000155. The zero-order valence-corrected chi connectivity index (χ0v) is 36.3. The number of nitrogens with zero attached hydrogens (tertiary/aromatic N) is 9. The average molecular weight is 878 g/mol. The maximum Gasteiger partial charge on any atom is 0.216 e. The molecule has 0 spiro atoms. The zero-order valence-electron chi connectivity index (χ0n) is 36.3. The predicted molar refractivity (Wildman–Crippen MR) is 246 cm³/mol. The lowest BCUT2D eigenvalue weighted by atomic mass is 10.1. The molecule has 0 atom stereocenters. The van der Waals surface area contributed by atoms with Crippen molar-refractivity contribution in [1.29, 1.82) is 0 Å². The van der Waals surface area contributed by atoms with Crippen LogP contribution in [0.15, 0.2) is 98.1 Å². The van der Waals surface area contributed by atoms with Crippen molar-refractivity contribution in [3.05, 3.63) is 109 Å². The summed E-state index contributed by atoms with van der Waals surface area (Å²) in [5, 5.41) is 6.78. The van der Waals surface area contributed by atoms with Crippen LogP contribution in [0.5, 0.6) is 29.0 Å². The van der Waals surface area contributed by atoms with Gasteiger partial charge in [0, 0.05) is 108 Å². The molecule has 0 aliphatic carbocycles.